The van der Waals surface area contributed by atoms with Gasteiger partial charge in [-0.2, -0.15) is 18.3 Å². The average Bonchev–Trinajstić information content (AvgIpc) is 3.50. The second-order valence-corrected chi connectivity index (χ2v) is 13.2. The maximum Gasteiger partial charge on any atom is 0.436 e. The first-order valence-electron chi connectivity index (χ1n) is 11.4. The molecule has 10 nitrogen and oxygen atoms in total. The molecule has 38 heavy (non-hydrogen) atoms. The summed E-state index contributed by atoms with van der Waals surface area (Å²) in [4.78, 5) is 38.7. The van der Waals surface area contributed by atoms with E-state index in [0.717, 1.165) is 17.8 Å². The van der Waals surface area contributed by atoms with E-state index in [2.05, 4.69) is 36.5 Å². The molecule has 2 aromatic heterocycles. The zero-order valence-electron chi connectivity index (χ0n) is 19.6. The predicted octanol–water partition coefficient (Wildman–Crippen LogP) is 3.62. The van der Waals surface area contributed by atoms with Gasteiger partial charge in [0.1, 0.15) is 22.1 Å². The van der Waals surface area contributed by atoms with Crippen LogP contribution < -0.4 is 5.32 Å². The molecule has 17 heteroatoms. The van der Waals surface area contributed by atoms with Crippen LogP contribution in [0.3, 0.4) is 0 Å². The summed E-state index contributed by atoms with van der Waals surface area (Å²) in [6.45, 7) is 1.74. The van der Waals surface area contributed by atoms with Gasteiger partial charge in [-0.1, -0.05) is 23.1 Å². The van der Waals surface area contributed by atoms with Crippen molar-refractivity contribution in [3.05, 3.63) is 32.1 Å². The Hall–Kier alpha value is -2.11. The topological polar surface area (TPSA) is 130 Å². The highest BCUT2D eigenvalue weighted by atomic mass is 79.9. The molecule has 0 aromatic carbocycles. The number of carboxylic acids is 1. The molecule has 2 aliphatic heterocycles. The molecule has 2 N–H and O–H groups in total. The average molecular weight is 654 g/mol. The quantitative estimate of drug-likeness (QED) is 0.308. The second-order valence-electron chi connectivity index (χ2n) is 8.88. The highest BCUT2D eigenvalue weighted by Gasteiger charge is 2.54. The van der Waals surface area contributed by atoms with E-state index in [1.807, 2.05) is 6.92 Å². The van der Waals surface area contributed by atoms with Gasteiger partial charge < -0.3 is 10.4 Å². The third-order valence-electron chi connectivity index (χ3n) is 6.16. The lowest BCUT2D eigenvalue weighted by atomic mass is 10.0. The number of nitrogens with one attached hydrogen (secondary N) is 1. The molecule has 2 amide bonds. The zero-order valence-corrected chi connectivity index (χ0v) is 23.7. The van der Waals surface area contributed by atoms with Gasteiger partial charge in [-0.3, -0.25) is 19.2 Å². The van der Waals surface area contributed by atoms with Gasteiger partial charge in [-0.25, -0.2) is 4.79 Å². The van der Waals surface area contributed by atoms with Crippen LogP contribution in [-0.4, -0.2) is 70.7 Å². The van der Waals surface area contributed by atoms with Crippen molar-refractivity contribution in [1.29, 1.82) is 0 Å². The summed E-state index contributed by atoms with van der Waals surface area (Å²) in [5.74, 6) is -1.64. The predicted molar refractivity (Wildman–Crippen MR) is 137 cm³/mol. The molecule has 0 unspecified atom stereocenters. The van der Waals surface area contributed by atoms with Crippen LogP contribution >= 0.6 is 50.8 Å². The van der Waals surface area contributed by atoms with Crippen molar-refractivity contribution < 1.29 is 32.7 Å². The fourth-order valence-electron chi connectivity index (χ4n) is 4.28. The van der Waals surface area contributed by atoms with Gasteiger partial charge in [0.25, 0.3) is 5.91 Å². The smallest absolute Gasteiger partial charge is 0.436 e. The van der Waals surface area contributed by atoms with Crippen LogP contribution in [-0.2, 0) is 27.1 Å². The summed E-state index contributed by atoms with van der Waals surface area (Å²) in [6, 6.07) is -0.917. The molecule has 2 aromatic rings. The number of β-lactam (4-membered cyclic amide) rings is 1. The number of hydrogen-bond donors (Lipinski definition) is 2. The number of halogens is 4. The number of hydrogen-bond acceptors (Lipinski definition) is 9. The Morgan fingerprint density at radius 2 is 2.03 bits per heavy atom. The molecule has 3 aliphatic rings. The van der Waals surface area contributed by atoms with Gasteiger partial charge in [0.2, 0.25) is 5.91 Å². The molecular weight excluding hydrogens is 633 g/mol. The third kappa shape index (κ3) is 5.34. The van der Waals surface area contributed by atoms with Gasteiger partial charge >= 0.3 is 12.1 Å². The number of carbonyl (C=O) groups excluding carboxylic acids is 2. The number of amides is 2. The molecule has 1 aliphatic carbocycles. The number of nitrogens with zero attached hydrogens (tertiary/aromatic N) is 5. The summed E-state index contributed by atoms with van der Waals surface area (Å²) in [5.41, 5.74) is -0.115. The zero-order chi connectivity index (χ0) is 27.4. The van der Waals surface area contributed by atoms with Gasteiger partial charge in [-0.15, -0.1) is 22.0 Å². The van der Waals surface area contributed by atoms with Crippen LogP contribution in [0.25, 0.3) is 0 Å². The normalized spacial score (nSPS) is 21.4. The van der Waals surface area contributed by atoms with Gasteiger partial charge in [0.15, 0.2) is 10.0 Å². The number of aliphatic carboxylic acids is 1. The molecule has 2 atom stereocenters. The standard InChI is InChI=1S/C21H20BrF3N6O4S3/c1-8-27-28-20(38-8)37-7-10-6-36-18-13(17(33)31(18)15(10)19(34)35)26-11(32)4-5-30-14(9-2-3-9)12(22)16(29-30)21(23,24)25/h9,13,18H,2-7H2,1H3,(H,26,32)(H,34,35)/t13-,18+/m0/s1. The summed E-state index contributed by atoms with van der Waals surface area (Å²) in [6.07, 6.45) is -3.31. The summed E-state index contributed by atoms with van der Waals surface area (Å²) >= 11 is 7.11. The van der Waals surface area contributed by atoms with E-state index in [1.54, 1.807) is 0 Å². The Labute approximate surface area is 234 Å². The number of thioether (sulfide) groups is 2. The van der Waals surface area contributed by atoms with Gasteiger partial charge in [-0.05, 0) is 41.3 Å². The number of carboxylic acid groups (broad SMARTS) is 1. The number of aromatic nitrogens is 4. The lowest BCUT2D eigenvalue weighted by Crippen LogP contribution is -2.70. The van der Waals surface area contributed by atoms with E-state index in [4.69, 9.17) is 0 Å². The minimum Gasteiger partial charge on any atom is -0.477 e. The van der Waals surface area contributed by atoms with E-state index in [1.165, 1.54) is 44.4 Å². The lowest BCUT2D eigenvalue weighted by Gasteiger charge is -2.49. The minimum absolute atomic E-state index is 0.0408. The number of carbonyl (C=O) groups is 3. The SMILES string of the molecule is Cc1nnc(SCC2=C(C(=O)O)N3C(=O)[C@H](NC(=O)CCn4nc(C(F)(F)F)c(Br)c4C4CC4)[C@H]3SC2)s1. The molecule has 0 spiro atoms. The molecule has 4 heterocycles. The third-order valence-corrected chi connectivity index (χ3v) is 10.3. The van der Waals surface area contributed by atoms with Crippen molar-refractivity contribution >= 4 is 68.6 Å². The first-order valence-corrected chi connectivity index (χ1v) is 15.1. The Morgan fingerprint density at radius 3 is 2.63 bits per heavy atom. The van der Waals surface area contributed by atoms with Crippen molar-refractivity contribution in [2.45, 2.75) is 60.6 Å². The fraction of sp³-hybridized carbons (Fsp3) is 0.524. The van der Waals surface area contributed by atoms with E-state index in [-0.39, 0.29) is 29.1 Å². The van der Waals surface area contributed by atoms with Crippen molar-refractivity contribution in [3.8, 4) is 0 Å². The molecule has 0 bridgehead atoms. The van der Waals surface area contributed by atoms with Crippen molar-refractivity contribution in [1.82, 2.24) is 30.2 Å². The van der Waals surface area contributed by atoms with E-state index < -0.39 is 41.1 Å². The summed E-state index contributed by atoms with van der Waals surface area (Å²) < 4.78 is 41.8. The van der Waals surface area contributed by atoms with Gasteiger partial charge in [0, 0.05) is 23.8 Å². The second kappa shape index (κ2) is 10.5. The highest BCUT2D eigenvalue weighted by Crippen LogP contribution is 2.47. The van der Waals surface area contributed by atoms with E-state index in [9.17, 15) is 32.7 Å². The molecule has 204 valence electrons. The molecular formula is C21H20BrF3N6O4S3. The largest absolute Gasteiger partial charge is 0.477 e. The first kappa shape index (κ1) is 27.5. The van der Waals surface area contributed by atoms with Crippen molar-refractivity contribution in [3.63, 3.8) is 0 Å². The van der Waals surface area contributed by atoms with Crippen LogP contribution in [0.1, 0.15) is 41.6 Å². The van der Waals surface area contributed by atoms with E-state index in [0.29, 0.717) is 27.1 Å². The Kier molecular flexibility index (Phi) is 7.56. The maximum atomic E-state index is 13.3. The van der Waals surface area contributed by atoms with Crippen LogP contribution in [0.4, 0.5) is 13.2 Å². The number of alkyl halides is 3. The van der Waals surface area contributed by atoms with Crippen LogP contribution in [0.15, 0.2) is 20.1 Å². The van der Waals surface area contributed by atoms with Gasteiger partial charge in [0.05, 0.1) is 16.7 Å². The molecule has 2 fully saturated rings. The Morgan fingerprint density at radius 1 is 1.29 bits per heavy atom. The van der Waals surface area contributed by atoms with Crippen LogP contribution in [0.2, 0.25) is 0 Å². The van der Waals surface area contributed by atoms with E-state index >= 15 is 0 Å². The number of fused-ring (bicyclic) bond motifs is 1. The number of aryl methyl sites for hydroxylation is 2. The van der Waals surface area contributed by atoms with Crippen LogP contribution in [0.5, 0.6) is 0 Å². The monoisotopic (exact) mass is 652 g/mol. The Bertz CT molecular complexity index is 1340. The summed E-state index contributed by atoms with van der Waals surface area (Å²) in [5, 5.41) is 24.3. The molecule has 1 saturated heterocycles. The molecule has 0 radical (unpaired) electrons. The Balaban J connectivity index is 1.22. The minimum atomic E-state index is -4.63. The van der Waals surface area contributed by atoms with Crippen molar-refractivity contribution in [2.75, 3.05) is 11.5 Å². The first-order chi connectivity index (χ1) is 18.0. The van der Waals surface area contributed by atoms with Crippen molar-refractivity contribution in [2.24, 2.45) is 0 Å². The lowest BCUT2D eigenvalue weighted by molar-refractivity contribution is -0.150. The van der Waals surface area contributed by atoms with Crippen LogP contribution in [0, 0.1) is 6.92 Å². The number of rotatable bonds is 9. The maximum absolute atomic E-state index is 13.3. The summed E-state index contributed by atoms with van der Waals surface area (Å²) in [7, 11) is 0. The fourth-order valence-corrected chi connectivity index (χ4v) is 8.42. The molecule has 5 rings (SSSR count). The highest BCUT2D eigenvalue weighted by molar-refractivity contribution is 9.10. The molecule has 1 saturated carbocycles.